The number of benzene rings is 1. The molecule has 0 radical (unpaired) electrons. The van der Waals surface area contributed by atoms with E-state index in [2.05, 4.69) is 4.98 Å². The first kappa shape index (κ1) is 9.20. The van der Waals surface area contributed by atoms with Gasteiger partial charge < -0.3 is 10.1 Å². The van der Waals surface area contributed by atoms with Gasteiger partial charge in [0.15, 0.2) is 0 Å². The Bertz CT molecular complexity index is 558. The second kappa shape index (κ2) is 3.09. The normalized spacial score (nSPS) is 10.4. The molecule has 0 spiro atoms. The Hall–Kier alpha value is -2.37. The van der Waals surface area contributed by atoms with Gasteiger partial charge in [0.05, 0.1) is 16.0 Å². The lowest BCUT2D eigenvalue weighted by molar-refractivity contribution is -0.384. The summed E-state index contributed by atoms with van der Waals surface area (Å²) in [6.07, 6.45) is 1.32. The summed E-state index contributed by atoms with van der Waals surface area (Å²) in [4.78, 5) is 23.4. The number of aromatic carboxylic acids is 1. The number of H-pyrrole nitrogens is 1. The highest BCUT2D eigenvalue weighted by atomic mass is 16.6. The highest BCUT2D eigenvalue weighted by Crippen LogP contribution is 2.22. The number of nitrogens with zero attached hydrogens (tertiary/aromatic N) is 1. The number of carbonyl (C=O) groups is 1. The van der Waals surface area contributed by atoms with Gasteiger partial charge in [0.1, 0.15) is 0 Å². The van der Waals surface area contributed by atoms with Gasteiger partial charge in [0.2, 0.25) is 0 Å². The summed E-state index contributed by atoms with van der Waals surface area (Å²) in [6, 6.07) is 4.01. The lowest BCUT2D eigenvalue weighted by atomic mass is 10.1. The van der Waals surface area contributed by atoms with Crippen molar-refractivity contribution < 1.29 is 14.8 Å². The molecule has 6 nitrogen and oxygen atoms in total. The first-order chi connectivity index (χ1) is 7.09. The number of nitro benzene ring substituents is 1. The molecule has 76 valence electrons. The average Bonchev–Trinajstić information content (AvgIpc) is 2.59. The standard InChI is InChI=1S/C9H6N2O4/c12-9(13)7-4-10-8-3-5(11(14)15)1-2-6(7)8/h1-4,10H,(H,12,13). The monoisotopic (exact) mass is 206 g/mol. The molecule has 0 aliphatic carbocycles. The Morgan fingerprint density at radius 3 is 2.80 bits per heavy atom. The number of carboxylic acid groups (broad SMARTS) is 1. The Balaban J connectivity index is 2.66. The van der Waals surface area contributed by atoms with Crippen molar-refractivity contribution in [3.8, 4) is 0 Å². The number of fused-ring (bicyclic) bond motifs is 1. The van der Waals surface area contributed by atoms with Crippen molar-refractivity contribution in [2.24, 2.45) is 0 Å². The molecule has 0 aliphatic heterocycles. The van der Waals surface area contributed by atoms with Crippen molar-refractivity contribution in [2.45, 2.75) is 0 Å². The van der Waals surface area contributed by atoms with Crippen LogP contribution in [-0.2, 0) is 0 Å². The summed E-state index contributed by atoms with van der Waals surface area (Å²) < 4.78 is 0. The Kier molecular flexibility index (Phi) is 1.89. The van der Waals surface area contributed by atoms with Crippen LogP contribution in [0.4, 0.5) is 5.69 Å². The van der Waals surface area contributed by atoms with Gasteiger partial charge in [-0.15, -0.1) is 0 Å². The molecule has 1 aromatic heterocycles. The molecule has 15 heavy (non-hydrogen) atoms. The molecule has 0 saturated heterocycles. The van der Waals surface area contributed by atoms with Crippen molar-refractivity contribution in [2.75, 3.05) is 0 Å². The van der Waals surface area contributed by atoms with E-state index in [0.717, 1.165) is 0 Å². The number of nitro groups is 1. The third-order valence-corrected chi connectivity index (χ3v) is 2.11. The van der Waals surface area contributed by atoms with E-state index in [9.17, 15) is 14.9 Å². The topological polar surface area (TPSA) is 96.2 Å². The van der Waals surface area contributed by atoms with E-state index in [1.807, 2.05) is 0 Å². The smallest absolute Gasteiger partial charge is 0.337 e. The first-order valence-corrected chi connectivity index (χ1v) is 4.08. The first-order valence-electron chi connectivity index (χ1n) is 4.08. The van der Waals surface area contributed by atoms with Gasteiger partial charge >= 0.3 is 5.97 Å². The highest BCUT2D eigenvalue weighted by molar-refractivity contribution is 6.03. The summed E-state index contributed by atoms with van der Waals surface area (Å²) in [5.74, 6) is -1.06. The largest absolute Gasteiger partial charge is 0.478 e. The Labute approximate surface area is 83.3 Å². The van der Waals surface area contributed by atoms with Crippen molar-refractivity contribution in [3.05, 3.63) is 40.1 Å². The van der Waals surface area contributed by atoms with Gasteiger partial charge in [-0.2, -0.15) is 0 Å². The number of aromatic nitrogens is 1. The molecule has 2 N–H and O–H groups in total. The van der Waals surface area contributed by atoms with Gasteiger partial charge in [-0.3, -0.25) is 10.1 Å². The van der Waals surface area contributed by atoms with E-state index in [1.54, 1.807) is 0 Å². The van der Waals surface area contributed by atoms with Gasteiger partial charge in [0.25, 0.3) is 5.69 Å². The minimum Gasteiger partial charge on any atom is -0.478 e. The van der Waals surface area contributed by atoms with E-state index in [4.69, 9.17) is 5.11 Å². The SMILES string of the molecule is O=C(O)c1c[nH]c2cc([N+](=O)[O-])ccc12. The molecule has 1 aromatic carbocycles. The van der Waals surface area contributed by atoms with E-state index in [0.29, 0.717) is 10.9 Å². The number of non-ortho nitro benzene ring substituents is 1. The second-order valence-corrected chi connectivity index (χ2v) is 2.99. The minimum atomic E-state index is -1.06. The summed E-state index contributed by atoms with van der Waals surface area (Å²) in [5, 5.41) is 19.7. The maximum absolute atomic E-state index is 10.7. The molecule has 0 aliphatic rings. The van der Waals surface area contributed by atoms with Crippen LogP contribution in [0.15, 0.2) is 24.4 Å². The van der Waals surface area contributed by atoms with Crippen molar-refractivity contribution >= 4 is 22.6 Å². The number of aromatic amines is 1. The predicted octanol–water partition coefficient (Wildman–Crippen LogP) is 1.77. The van der Waals surface area contributed by atoms with Crippen LogP contribution in [0, 0.1) is 10.1 Å². The highest BCUT2D eigenvalue weighted by Gasteiger charge is 2.13. The van der Waals surface area contributed by atoms with Crippen LogP contribution in [-0.4, -0.2) is 21.0 Å². The van der Waals surface area contributed by atoms with Crippen LogP contribution in [0.2, 0.25) is 0 Å². The van der Waals surface area contributed by atoms with Crippen LogP contribution in [0.5, 0.6) is 0 Å². The maximum atomic E-state index is 10.7. The van der Waals surface area contributed by atoms with Crippen LogP contribution < -0.4 is 0 Å². The lowest BCUT2D eigenvalue weighted by Crippen LogP contribution is -1.93. The third kappa shape index (κ3) is 1.41. The zero-order valence-electron chi connectivity index (χ0n) is 7.43. The summed E-state index contributed by atoms with van der Waals surface area (Å²) >= 11 is 0. The summed E-state index contributed by atoms with van der Waals surface area (Å²) in [5.41, 5.74) is 0.489. The minimum absolute atomic E-state index is 0.0683. The Morgan fingerprint density at radius 2 is 2.20 bits per heavy atom. The number of nitrogens with one attached hydrogen (secondary N) is 1. The number of hydrogen-bond donors (Lipinski definition) is 2. The van der Waals surface area contributed by atoms with E-state index in [-0.39, 0.29) is 11.3 Å². The Morgan fingerprint density at radius 1 is 1.47 bits per heavy atom. The van der Waals surface area contributed by atoms with E-state index >= 15 is 0 Å². The predicted molar refractivity (Wildman–Crippen MR) is 51.9 cm³/mol. The molecular weight excluding hydrogens is 200 g/mol. The number of hydrogen-bond acceptors (Lipinski definition) is 3. The zero-order chi connectivity index (χ0) is 11.0. The van der Waals surface area contributed by atoms with E-state index in [1.165, 1.54) is 24.4 Å². The molecule has 0 amide bonds. The van der Waals surface area contributed by atoms with Crippen molar-refractivity contribution in [1.29, 1.82) is 0 Å². The average molecular weight is 206 g/mol. The molecule has 0 atom stereocenters. The molecule has 0 fully saturated rings. The van der Waals surface area contributed by atoms with Crippen LogP contribution in [0.1, 0.15) is 10.4 Å². The molecule has 1 heterocycles. The fourth-order valence-electron chi connectivity index (χ4n) is 1.40. The van der Waals surface area contributed by atoms with Crippen LogP contribution in [0.25, 0.3) is 10.9 Å². The van der Waals surface area contributed by atoms with E-state index < -0.39 is 10.9 Å². The van der Waals surface area contributed by atoms with Gasteiger partial charge in [-0.25, -0.2) is 4.79 Å². The zero-order valence-corrected chi connectivity index (χ0v) is 7.43. The summed E-state index contributed by atoms with van der Waals surface area (Å²) in [6.45, 7) is 0. The van der Waals surface area contributed by atoms with Gasteiger partial charge in [0, 0.05) is 23.7 Å². The third-order valence-electron chi connectivity index (χ3n) is 2.11. The molecule has 0 unspecified atom stereocenters. The molecule has 0 bridgehead atoms. The molecule has 2 aromatic rings. The summed E-state index contributed by atoms with van der Waals surface area (Å²) in [7, 11) is 0. The van der Waals surface area contributed by atoms with Crippen LogP contribution in [0.3, 0.4) is 0 Å². The van der Waals surface area contributed by atoms with Crippen molar-refractivity contribution in [3.63, 3.8) is 0 Å². The lowest BCUT2D eigenvalue weighted by Gasteiger charge is -1.93. The fraction of sp³-hybridized carbons (Fsp3) is 0. The molecular formula is C9H6N2O4. The molecule has 6 heteroatoms. The van der Waals surface area contributed by atoms with Crippen molar-refractivity contribution in [1.82, 2.24) is 4.98 Å². The maximum Gasteiger partial charge on any atom is 0.337 e. The van der Waals surface area contributed by atoms with Gasteiger partial charge in [-0.05, 0) is 6.07 Å². The molecule has 0 saturated carbocycles. The second-order valence-electron chi connectivity index (χ2n) is 2.99. The number of rotatable bonds is 2. The fourth-order valence-corrected chi connectivity index (χ4v) is 1.40. The number of carboxylic acids is 1. The molecule has 2 rings (SSSR count). The van der Waals surface area contributed by atoms with Crippen LogP contribution >= 0.6 is 0 Å². The quantitative estimate of drug-likeness (QED) is 0.578. The van der Waals surface area contributed by atoms with Gasteiger partial charge in [-0.1, -0.05) is 0 Å².